The quantitative estimate of drug-likeness (QED) is 0.597. The Morgan fingerprint density at radius 3 is 2.80 bits per heavy atom. The number of allylic oxidation sites excluding steroid dienone is 1. The summed E-state index contributed by atoms with van der Waals surface area (Å²) >= 11 is 0. The van der Waals surface area contributed by atoms with E-state index in [4.69, 9.17) is 0 Å². The summed E-state index contributed by atoms with van der Waals surface area (Å²) in [6.07, 6.45) is 6.53. The molecule has 2 aliphatic carbocycles. The van der Waals surface area contributed by atoms with E-state index in [0.717, 1.165) is 19.3 Å². The second-order valence-electron chi connectivity index (χ2n) is 5.68. The van der Waals surface area contributed by atoms with Crippen LogP contribution in [0.2, 0.25) is 0 Å². The predicted octanol–water partition coefficient (Wildman–Crippen LogP) is 3.74. The maximum Gasteiger partial charge on any atom is 0.133 e. The van der Waals surface area contributed by atoms with E-state index in [-0.39, 0.29) is 0 Å². The average Bonchev–Trinajstić information content (AvgIpc) is 2.44. The molecule has 0 saturated heterocycles. The molecule has 1 nitrogen and oxygen atoms in total. The molecule has 0 unspecified atom stereocenters. The summed E-state index contributed by atoms with van der Waals surface area (Å²) in [5.74, 6) is 1.81. The Morgan fingerprint density at radius 1 is 1.47 bits per heavy atom. The maximum absolute atomic E-state index is 11.7. The van der Waals surface area contributed by atoms with Gasteiger partial charge in [-0.15, -0.1) is 0 Å². The number of ketones is 1. The van der Waals surface area contributed by atoms with Gasteiger partial charge >= 0.3 is 0 Å². The van der Waals surface area contributed by atoms with E-state index in [1.165, 1.54) is 24.8 Å². The maximum atomic E-state index is 11.7. The van der Waals surface area contributed by atoms with Crippen LogP contribution in [0, 0.1) is 17.3 Å². The Morgan fingerprint density at radius 2 is 2.20 bits per heavy atom. The minimum atomic E-state index is 0.293. The van der Waals surface area contributed by atoms with E-state index in [0.29, 0.717) is 23.0 Å². The van der Waals surface area contributed by atoms with Gasteiger partial charge in [0.15, 0.2) is 0 Å². The predicted molar refractivity (Wildman–Crippen MR) is 62.6 cm³/mol. The molecule has 0 heterocycles. The molecular formula is C14H22O. The van der Waals surface area contributed by atoms with Gasteiger partial charge in [-0.1, -0.05) is 19.1 Å². The van der Waals surface area contributed by atoms with Crippen molar-refractivity contribution in [1.82, 2.24) is 0 Å². The molecular weight excluding hydrogens is 184 g/mol. The molecule has 0 aromatic rings. The van der Waals surface area contributed by atoms with Crippen molar-refractivity contribution in [3.63, 3.8) is 0 Å². The Bertz CT molecular complexity index is 292. The van der Waals surface area contributed by atoms with Crippen molar-refractivity contribution in [1.29, 1.82) is 0 Å². The van der Waals surface area contributed by atoms with E-state index in [1.807, 2.05) is 0 Å². The van der Waals surface area contributed by atoms with Crippen LogP contribution < -0.4 is 0 Å². The van der Waals surface area contributed by atoms with Gasteiger partial charge in [-0.3, -0.25) is 4.79 Å². The topological polar surface area (TPSA) is 17.1 Å². The number of Topliss-reactive ketones (excluding diaryl/α,β-unsaturated/α-hetero) is 1. The fourth-order valence-corrected chi connectivity index (χ4v) is 3.95. The van der Waals surface area contributed by atoms with Crippen LogP contribution in [0.4, 0.5) is 0 Å². The Labute approximate surface area is 92.9 Å². The monoisotopic (exact) mass is 206 g/mol. The first-order valence-electron chi connectivity index (χ1n) is 6.23. The van der Waals surface area contributed by atoms with Crippen LogP contribution in [0.3, 0.4) is 0 Å². The first-order chi connectivity index (χ1) is 7.06. The van der Waals surface area contributed by atoms with Crippen molar-refractivity contribution >= 4 is 5.78 Å². The molecule has 1 spiro atoms. The van der Waals surface area contributed by atoms with Gasteiger partial charge in [-0.2, -0.15) is 0 Å². The highest BCUT2D eigenvalue weighted by molar-refractivity contribution is 5.80. The van der Waals surface area contributed by atoms with E-state index in [9.17, 15) is 4.79 Å². The molecule has 2 fully saturated rings. The summed E-state index contributed by atoms with van der Waals surface area (Å²) in [6, 6.07) is 0. The molecule has 0 bridgehead atoms. The highest BCUT2D eigenvalue weighted by Crippen LogP contribution is 2.57. The summed E-state index contributed by atoms with van der Waals surface area (Å²) in [6.45, 7) is 8.61. The van der Waals surface area contributed by atoms with Crippen molar-refractivity contribution in [3.05, 3.63) is 12.2 Å². The first kappa shape index (κ1) is 10.9. The van der Waals surface area contributed by atoms with Crippen LogP contribution in [-0.2, 0) is 4.79 Å². The molecule has 2 aliphatic rings. The minimum Gasteiger partial charge on any atom is -0.300 e. The lowest BCUT2D eigenvalue weighted by atomic mass is 9.62. The zero-order valence-corrected chi connectivity index (χ0v) is 10.0. The molecule has 2 rings (SSSR count). The molecule has 15 heavy (non-hydrogen) atoms. The van der Waals surface area contributed by atoms with Crippen molar-refractivity contribution in [2.75, 3.05) is 0 Å². The third kappa shape index (κ3) is 1.66. The molecule has 0 N–H and O–H groups in total. The van der Waals surface area contributed by atoms with Crippen LogP contribution in [0.15, 0.2) is 12.2 Å². The van der Waals surface area contributed by atoms with E-state index in [1.54, 1.807) is 0 Å². The molecule has 2 saturated carbocycles. The van der Waals surface area contributed by atoms with Gasteiger partial charge in [0.25, 0.3) is 0 Å². The Balaban J connectivity index is 2.28. The lowest BCUT2D eigenvalue weighted by Gasteiger charge is -2.42. The normalized spacial score (nSPS) is 41.1. The second-order valence-corrected chi connectivity index (χ2v) is 5.68. The molecule has 84 valence electrons. The zero-order valence-electron chi connectivity index (χ0n) is 10.0. The van der Waals surface area contributed by atoms with E-state index < -0.39 is 0 Å². The van der Waals surface area contributed by atoms with Gasteiger partial charge in [-0.05, 0) is 49.9 Å². The fraction of sp³-hybridized carbons (Fsp3) is 0.786. The van der Waals surface area contributed by atoms with Crippen molar-refractivity contribution in [2.24, 2.45) is 17.3 Å². The average molecular weight is 206 g/mol. The summed E-state index contributed by atoms with van der Waals surface area (Å²) in [5.41, 5.74) is 1.59. The van der Waals surface area contributed by atoms with Crippen molar-refractivity contribution < 1.29 is 4.79 Å². The summed E-state index contributed by atoms with van der Waals surface area (Å²) < 4.78 is 0. The Hall–Kier alpha value is -0.590. The number of carbonyl (C=O) groups excluding carboxylic acids is 1. The van der Waals surface area contributed by atoms with Crippen LogP contribution in [-0.4, -0.2) is 5.78 Å². The standard InChI is InChI=1S/C14H22O/c1-10(2)13-7-6-11(3)14(13)8-4-5-12(15)9-14/h11,13H,1,4-9H2,2-3H3/t11-,13-,14+/m0/s1. The van der Waals surface area contributed by atoms with Crippen molar-refractivity contribution in [3.8, 4) is 0 Å². The van der Waals surface area contributed by atoms with E-state index in [2.05, 4.69) is 20.4 Å². The summed E-state index contributed by atoms with van der Waals surface area (Å²) in [5, 5.41) is 0. The molecule has 0 radical (unpaired) electrons. The SMILES string of the molecule is C=C(C)[C@@H]1CC[C@H](C)[C@]12CCCC(=O)C2. The van der Waals surface area contributed by atoms with Gasteiger partial charge in [0.05, 0.1) is 0 Å². The smallest absolute Gasteiger partial charge is 0.133 e. The van der Waals surface area contributed by atoms with Crippen LogP contribution in [0.1, 0.15) is 52.4 Å². The molecule has 0 aromatic heterocycles. The lowest BCUT2D eigenvalue weighted by molar-refractivity contribution is -0.125. The summed E-state index contributed by atoms with van der Waals surface area (Å²) in [4.78, 5) is 11.7. The van der Waals surface area contributed by atoms with Crippen LogP contribution in [0.25, 0.3) is 0 Å². The highest BCUT2D eigenvalue weighted by Gasteiger charge is 2.49. The van der Waals surface area contributed by atoms with E-state index >= 15 is 0 Å². The second kappa shape index (κ2) is 3.77. The van der Waals surface area contributed by atoms with Gasteiger partial charge < -0.3 is 0 Å². The van der Waals surface area contributed by atoms with Crippen LogP contribution in [0.5, 0.6) is 0 Å². The van der Waals surface area contributed by atoms with Gasteiger partial charge in [0.2, 0.25) is 0 Å². The minimum absolute atomic E-state index is 0.293. The third-order valence-electron chi connectivity index (χ3n) is 4.78. The molecule has 0 aromatic carbocycles. The van der Waals surface area contributed by atoms with Gasteiger partial charge in [-0.25, -0.2) is 0 Å². The molecule has 0 amide bonds. The summed E-state index contributed by atoms with van der Waals surface area (Å²) in [7, 11) is 0. The lowest BCUT2D eigenvalue weighted by Crippen LogP contribution is -2.37. The van der Waals surface area contributed by atoms with Crippen LogP contribution >= 0.6 is 0 Å². The van der Waals surface area contributed by atoms with Gasteiger partial charge in [0.1, 0.15) is 5.78 Å². The Kier molecular flexibility index (Phi) is 2.74. The number of hydrogen-bond donors (Lipinski definition) is 0. The fourth-order valence-electron chi connectivity index (χ4n) is 3.95. The molecule has 0 aliphatic heterocycles. The number of hydrogen-bond acceptors (Lipinski definition) is 1. The van der Waals surface area contributed by atoms with Gasteiger partial charge in [0, 0.05) is 12.8 Å². The molecule has 1 heteroatoms. The molecule has 3 atom stereocenters. The first-order valence-corrected chi connectivity index (χ1v) is 6.23. The zero-order chi connectivity index (χ0) is 11.1. The third-order valence-corrected chi connectivity index (χ3v) is 4.78. The number of rotatable bonds is 1. The highest BCUT2D eigenvalue weighted by atomic mass is 16.1. The number of carbonyl (C=O) groups is 1. The largest absolute Gasteiger partial charge is 0.300 e. The van der Waals surface area contributed by atoms with Crippen molar-refractivity contribution in [2.45, 2.75) is 52.4 Å².